The lowest BCUT2D eigenvalue weighted by molar-refractivity contribution is 0.0595. The zero-order chi connectivity index (χ0) is 22.3. The fourth-order valence-corrected chi connectivity index (χ4v) is 3.00. The quantitative estimate of drug-likeness (QED) is 0.630. The number of ether oxygens (including phenoxy) is 2. The van der Waals surface area contributed by atoms with Crippen LogP contribution in [0.2, 0.25) is 0 Å². The van der Waals surface area contributed by atoms with E-state index in [9.17, 15) is 9.90 Å². The Balaban J connectivity index is 2.42. The predicted molar refractivity (Wildman–Crippen MR) is 121 cm³/mol. The first-order valence-electron chi connectivity index (χ1n) is 10.2. The third-order valence-corrected chi connectivity index (χ3v) is 4.62. The van der Waals surface area contributed by atoms with Crippen LogP contribution in [0.15, 0.2) is 66.9 Å². The van der Waals surface area contributed by atoms with E-state index in [0.29, 0.717) is 11.4 Å². The smallest absolute Gasteiger partial charge is 0.418 e. The first kappa shape index (κ1) is 23.5. The molecule has 0 saturated carbocycles. The summed E-state index contributed by atoms with van der Waals surface area (Å²) in [6.07, 6.45) is 2.45. The SMILES string of the molecule is COc1ccc(N(/C=C/[C@H](c2ccccc2)[C@H](O)C(C)C)C(=O)OC(C)(C)C)cc1. The molecular formula is C25H33NO4. The zero-order valence-corrected chi connectivity index (χ0v) is 18.7. The second-order valence-corrected chi connectivity index (χ2v) is 8.56. The Labute approximate surface area is 179 Å². The highest BCUT2D eigenvalue weighted by Gasteiger charge is 2.25. The second-order valence-electron chi connectivity index (χ2n) is 8.56. The standard InChI is InChI=1S/C25H33NO4/c1-18(2)23(27)22(19-10-8-7-9-11-19)16-17-26(24(28)30-25(3,4)5)20-12-14-21(29-6)15-13-20/h7-18,22-23,27H,1-6H3/b17-16+/t22-,23-/m1/s1. The van der Waals surface area contributed by atoms with Crippen molar-refractivity contribution in [1.29, 1.82) is 0 Å². The van der Waals surface area contributed by atoms with Gasteiger partial charge in [0.2, 0.25) is 0 Å². The molecule has 0 saturated heterocycles. The molecule has 2 aromatic carbocycles. The van der Waals surface area contributed by atoms with Gasteiger partial charge in [-0.1, -0.05) is 50.3 Å². The fourth-order valence-electron chi connectivity index (χ4n) is 3.00. The van der Waals surface area contributed by atoms with Crippen LogP contribution in [0.4, 0.5) is 10.5 Å². The van der Waals surface area contributed by atoms with Crippen LogP contribution in [0.25, 0.3) is 0 Å². The van der Waals surface area contributed by atoms with Gasteiger partial charge in [0.05, 0.1) is 18.9 Å². The summed E-state index contributed by atoms with van der Waals surface area (Å²) in [7, 11) is 1.60. The van der Waals surface area contributed by atoms with Crippen molar-refractivity contribution in [2.24, 2.45) is 5.92 Å². The molecule has 2 atom stereocenters. The molecular weight excluding hydrogens is 378 g/mol. The second kappa shape index (κ2) is 10.3. The number of carbonyl (C=O) groups is 1. The summed E-state index contributed by atoms with van der Waals surface area (Å²) in [5.74, 6) is 0.481. The van der Waals surface area contributed by atoms with Gasteiger partial charge in [-0.15, -0.1) is 0 Å². The van der Waals surface area contributed by atoms with E-state index in [1.54, 1.807) is 37.6 Å². The van der Waals surface area contributed by atoms with Gasteiger partial charge in [-0.3, -0.25) is 4.90 Å². The summed E-state index contributed by atoms with van der Waals surface area (Å²) in [5, 5.41) is 10.8. The van der Waals surface area contributed by atoms with E-state index in [2.05, 4.69) is 0 Å². The van der Waals surface area contributed by atoms with Crippen LogP contribution in [0.3, 0.4) is 0 Å². The Morgan fingerprint density at radius 1 is 1.03 bits per heavy atom. The summed E-state index contributed by atoms with van der Waals surface area (Å²) in [6, 6.07) is 17.0. The zero-order valence-electron chi connectivity index (χ0n) is 18.7. The minimum Gasteiger partial charge on any atom is -0.497 e. The first-order valence-corrected chi connectivity index (χ1v) is 10.2. The third-order valence-electron chi connectivity index (χ3n) is 4.62. The number of amides is 1. The normalized spacial score (nSPS) is 13.9. The van der Waals surface area contributed by atoms with Crippen LogP contribution < -0.4 is 9.64 Å². The molecule has 1 N–H and O–H groups in total. The van der Waals surface area contributed by atoms with Gasteiger partial charge < -0.3 is 14.6 Å². The fraction of sp³-hybridized carbons (Fsp3) is 0.400. The van der Waals surface area contributed by atoms with Crippen LogP contribution in [0.5, 0.6) is 5.75 Å². The van der Waals surface area contributed by atoms with Gasteiger partial charge in [-0.25, -0.2) is 4.79 Å². The summed E-state index contributed by atoms with van der Waals surface area (Å²) >= 11 is 0. The molecule has 162 valence electrons. The predicted octanol–water partition coefficient (Wildman–Crippen LogP) is 5.75. The first-order chi connectivity index (χ1) is 14.1. The van der Waals surface area contributed by atoms with E-state index in [1.165, 1.54) is 4.90 Å². The number of hydrogen-bond donors (Lipinski definition) is 1. The molecule has 0 aliphatic rings. The number of aliphatic hydroxyl groups is 1. The van der Waals surface area contributed by atoms with Gasteiger partial charge in [-0.2, -0.15) is 0 Å². The largest absolute Gasteiger partial charge is 0.497 e. The van der Waals surface area contributed by atoms with Crippen LogP contribution in [0, 0.1) is 5.92 Å². The summed E-state index contributed by atoms with van der Waals surface area (Å²) < 4.78 is 10.8. The molecule has 0 radical (unpaired) electrons. The van der Waals surface area contributed by atoms with Crippen LogP contribution in [-0.4, -0.2) is 30.0 Å². The molecule has 0 aliphatic heterocycles. The van der Waals surface area contributed by atoms with Crippen molar-refractivity contribution in [2.75, 3.05) is 12.0 Å². The number of anilines is 1. The van der Waals surface area contributed by atoms with Crippen LogP contribution in [-0.2, 0) is 4.74 Å². The summed E-state index contributed by atoms with van der Waals surface area (Å²) in [4.78, 5) is 14.4. The van der Waals surface area contributed by atoms with Crippen molar-refractivity contribution >= 4 is 11.8 Å². The number of nitrogens with zero attached hydrogens (tertiary/aromatic N) is 1. The Bertz CT molecular complexity index is 822. The van der Waals surface area contributed by atoms with E-state index >= 15 is 0 Å². The van der Waals surface area contributed by atoms with Crippen LogP contribution in [0.1, 0.15) is 46.1 Å². The van der Waals surface area contributed by atoms with Gasteiger partial charge in [0.1, 0.15) is 11.4 Å². The molecule has 1 amide bonds. The third kappa shape index (κ3) is 6.63. The number of hydrogen-bond acceptors (Lipinski definition) is 4. The average Bonchev–Trinajstić information content (AvgIpc) is 2.70. The van der Waals surface area contributed by atoms with Gasteiger partial charge >= 0.3 is 6.09 Å². The van der Waals surface area contributed by atoms with Gasteiger partial charge in [0.15, 0.2) is 0 Å². The number of methoxy groups -OCH3 is 1. The average molecular weight is 412 g/mol. The number of aliphatic hydroxyl groups excluding tert-OH is 1. The molecule has 5 nitrogen and oxygen atoms in total. The highest BCUT2D eigenvalue weighted by atomic mass is 16.6. The molecule has 2 aromatic rings. The van der Waals surface area contributed by atoms with Crippen molar-refractivity contribution in [1.82, 2.24) is 0 Å². The van der Waals surface area contributed by atoms with Gasteiger partial charge in [-0.05, 0) is 56.5 Å². The monoisotopic (exact) mass is 411 g/mol. The van der Waals surface area contributed by atoms with Gasteiger partial charge in [0.25, 0.3) is 0 Å². The van der Waals surface area contributed by atoms with E-state index in [1.807, 2.05) is 71.0 Å². The molecule has 0 spiro atoms. The van der Waals surface area contributed by atoms with E-state index in [4.69, 9.17) is 9.47 Å². The Kier molecular flexibility index (Phi) is 8.07. The van der Waals surface area contributed by atoms with Crippen molar-refractivity contribution in [3.8, 4) is 5.75 Å². The van der Waals surface area contributed by atoms with Gasteiger partial charge in [0, 0.05) is 12.1 Å². The molecule has 0 aliphatic carbocycles. The number of benzene rings is 2. The van der Waals surface area contributed by atoms with E-state index in [-0.39, 0.29) is 11.8 Å². The number of rotatable bonds is 7. The van der Waals surface area contributed by atoms with Crippen LogP contribution >= 0.6 is 0 Å². The van der Waals surface area contributed by atoms with Crippen molar-refractivity contribution < 1.29 is 19.4 Å². The lowest BCUT2D eigenvalue weighted by Crippen LogP contribution is -2.34. The molecule has 0 fully saturated rings. The molecule has 0 bridgehead atoms. The topological polar surface area (TPSA) is 59.0 Å². The lowest BCUT2D eigenvalue weighted by Gasteiger charge is -2.27. The Morgan fingerprint density at radius 2 is 1.63 bits per heavy atom. The lowest BCUT2D eigenvalue weighted by atomic mass is 9.87. The highest BCUT2D eigenvalue weighted by molar-refractivity contribution is 5.90. The molecule has 0 heterocycles. The molecule has 0 aromatic heterocycles. The molecule has 2 rings (SSSR count). The summed E-state index contributed by atoms with van der Waals surface area (Å²) in [6.45, 7) is 9.44. The minimum atomic E-state index is -0.633. The van der Waals surface area contributed by atoms with Crippen molar-refractivity contribution in [2.45, 2.75) is 52.2 Å². The van der Waals surface area contributed by atoms with Crippen molar-refractivity contribution in [3.63, 3.8) is 0 Å². The maximum absolute atomic E-state index is 12.9. The minimum absolute atomic E-state index is 0.0517. The van der Waals surface area contributed by atoms with E-state index < -0.39 is 17.8 Å². The highest BCUT2D eigenvalue weighted by Crippen LogP contribution is 2.28. The maximum Gasteiger partial charge on any atom is 0.418 e. The maximum atomic E-state index is 12.9. The van der Waals surface area contributed by atoms with Crippen molar-refractivity contribution in [3.05, 3.63) is 72.4 Å². The Morgan fingerprint density at radius 3 is 2.13 bits per heavy atom. The number of carbonyl (C=O) groups excluding carboxylic acids is 1. The molecule has 30 heavy (non-hydrogen) atoms. The molecule has 5 heteroatoms. The Hall–Kier alpha value is -2.79. The summed E-state index contributed by atoms with van der Waals surface area (Å²) in [5.41, 5.74) is 0.993. The van der Waals surface area contributed by atoms with E-state index in [0.717, 1.165) is 5.56 Å². The molecule has 0 unspecified atom stereocenters.